The smallest absolute Gasteiger partial charge is 0.124 e. The van der Waals surface area contributed by atoms with Crippen molar-refractivity contribution in [2.24, 2.45) is 0 Å². The predicted molar refractivity (Wildman–Crippen MR) is 88.5 cm³/mol. The van der Waals surface area contributed by atoms with Crippen molar-refractivity contribution < 1.29 is 5.11 Å². The van der Waals surface area contributed by atoms with Gasteiger partial charge in [-0.3, -0.25) is 0 Å². The van der Waals surface area contributed by atoms with Crippen molar-refractivity contribution in [2.45, 2.75) is 13.8 Å². The number of hydrogen-bond donors (Lipinski definition) is 1. The molecule has 0 bridgehead atoms. The first-order valence-electron chi connectivity index (χ1n) is 5.24. The molecule has 17 heavy (non-hydrogen) atoms. The van der Waals surface area contributed by atoms with Gasteiger partial charge in [-0.2, -0.15) is 0 Å². The van der Waals surface area contributed by atoms with Crippen LogP contribution in [0.25, 0.3) is 11.1 Å². The first kappa shape index (κ1) is 13.1. The molecule has 0 saturated heterocycles. The second-order valence-corrected chi connectivity index (χ2v) is 6.57. The molecule has 3 heteroatoms. The van der Waals surface area contributed by atoms with E-state index in [9.17, 15) is 5.11 Å². The molecule has 0 amide bonds. The maximum atomic E-state index is 10.1. The van der Waals surface area contributed by atoms with E-state index in [4.69, 9.17) is 0 Å². The van der Waals surface area contributed by atoms with E-state index in [1.54, 1.807) is 6.07 Å². The third kappa shape index (κ3) is 2.76. The highest BCUT2D eigenvalue weighted by Gasteiger charge is 2.11. The molecule has 0 aliphatic heterocycles. The van der Waals surface area contributed by atoms with Gasteiger partial charge in [-0.15, -0.1) is 0 Å². The summed E-state index contributed by atoms with van der Waals surface area (Å²) < 4.78 is 2.27. The third-order valence-electron chi connectivity index (χ3n) is 2.74. The van der Waals surface area contributed by atoms with Gasteiger partial charge in [0.2, 0.25) is 0 Å². The maximum Gasteiger partial charge on any atom is 0.124 e. The van der Waals surface area contributed by atoms with Crippen LogP contribution >= 0.6 is 45.2 Å². The molecule has 1 nitrogen and oxygen atoms in total. The van der Waals surface area contributed by atoms with Crippen LogP contribution in [0.2, 0.25) is 0 Å². The third-order valence-corrected chi connectivity index (χ3v) is 4.03. The van der Waals surface area contributed by atoms with Crippen LogP contribution in [-0.4, -0.2) is 5.11 Å². The van der Waals surface area contributed by atoms with E-state index in [2.05, 4.69) is 76.4 Å². The molecule has 88 valence electrons. The molecule has 0 spiro atoms. The summed E-state index contributed by atoms with van der Waals surface area (Å²) in [7, 11) is 0. The van der Waals surface area contributed by atoms with Crippen LogP contribution in [0, 0.1) is 21.0 Å². The molecular weight excluding hydrogens is 438 g/mol. The van der Waals surface area contributed by atoms with Gasteiger partial charge in [0.15, 0.2) is 0 Å². The highest BCUT2D eigenvalue weighted by Crippen LogP contribution is 2.36. The molecule has 0 radical (unpaired) electrons. The molecule has 0 heterocycles. The summed E-state index contributed by atoms with van der Waals surface area (Å²) >= 11 is 4.52. The first-order valence-corrected chi connectivity index (χ1v) is 7.40. The normalized spacial score (nSPS) is 10.6. The van der Waals surface area contributed by atoms with Crippen LogP contribution in [0.1, 0.15) is 11.1 Å². The summed E-state index contributed by atoms with van der Waals surface area (Å²) in [5, 5.41) is 10.1. The number of phenols is 1. The Hall–Kier alpha value is -0.300. The van der Waals surface area contributed by atoms with Crippen molar-refractivity contribution in [1.29, 1.82) is 0 Å². The predicted octanol–water partition coefficient (Wildman–Crippen LogP) is 4.89. The summed E-state index contributed by atoms with van der Waals surface area (Å²) in [6.07, 6.45) is 0. The standard InChI is InChI=1S/C14H12I2O/c1-8-5-10(15)3-4-12(8)14-9(2)6-11(16)7-13(14)17/h3-7,17H,1-2H3. The number of phenolic OH excluding ortho intramolecular Hbond substituents is 1. The lowest BCUT2D eigenvalue weighted by atomic mass is 9.96. The highest BCUT2D eigenvalue weighted by molar-refractivity contribution is 14.1. The summed E-state index contributed by atoms with van der Waals surface area (Å²) in [5.41, 5.74) is 4.35. The van der Waals surface area contributed by atoms with E-state index in [-0.39, 0.29) is 0 Å². The zero-order chi connectivity index (χ0) is 12.6. The second-order valence-electron chi connectivity index (χ2n) is 4.08. The quantitative estimate of drug-likeness (QED) is 0.615. The molecule has 1 N–H and O–H groups in total. The Morgan fingerprint density at radius 2 is 1.53 bits per heavy atom. The SMILES string of the molecule is Cc1cc(I)ccc1-c1c(C)cc(I)cc1O. The van der Waals surface area contributed by atoms with Crippen molar-refractivity contribution in [3.63, 3.8) is 0 Å². The maximum absolute atomic E-state index is 10.1. The largest absolute Gasteiger partial charge is 0.507 e. The molecular formula is C14H12I2O. The lowest BCUT2D eigenvalue weighted by Gasteiger charge is -2.12. The summed E-state index contributed by atoms with van der Waals surface area (Å²) in [6, 6.07) is 10.2. The van der Waals surface area contributed by atoms with Gasteiger partial charge in [0, 0.05) is 12.7 Å². The van der Waals surface area contributed by atoms with Gasteiger partial charge in [-0.25, -0.2) is 0 Å². The van der Waals surface area contributed by atoms with Crippen LogP contribution in [0.4, 0.5) is 0 Å². The summed E-state index contributed by atoms with van der Waals surface area (Å²) in [5.74, 6) is 0.360. The Labute approximate surface area is 129 Å². The van der Waals surface area contributed by atoms with E-state index in [1.807, 2.05) is 6.92 Å². The average Bonchev–Trinajstić information content (AvgIpc) is 2.19. The molecule has 0 aliphatic rings. The fourth-order valence-corrected chi connectivity index (χ4v) is 3.39. The lowest BCUT2D eigenvalue weighted by molar-refractivity contribution is 0.476. The van der Waals surface area contributed by atoms with Crippen molar-refractivity contribution in [3.05, 3.63) is 48.6 Å². The van der Waals surface area contributed by atoms with Crippen LogP contribution in [-0.2, 0) is 0 Å². The first-order chi connectivity index (χ1) is 7.99. The molecule has 0 saturated carbocycles. The zero-order valence-electron chi connectivity index (χ0n) is 9.59. The fraction of sp³-hybridized carbons (Fsp3) is 0.143. The Morgan fingerprint density at radius 1 is 0.882 bits per heavy atom. The van der Waals surface area contributed by atoms with E-state index >= 15 is 0 Å². The van der Waals surface area contributed by atoms with Gasteiger partial charge in [0.05, 0.1) is 0 Å². The number of aromatic hydroxyl groups is 1. The molecule has 0 aromatic heterocycles. The lowest BCUT2D eigenvalue weighted by Crippen LogP contribution is -1.90. The van der Waals surface area contributed by atoms with Crippen molar-refractivity contribution in [1.82, 2.24) is 0 Å². The number of benzene rings is 2. The molecule has 0 fully saturated rings. The molecule has 0 aliphatic carbocycles. The molecule has 2 rings (SSSR count). The van der Waals surface area contributed by atoms with Gasteiger partial charge in [-0.1, -0.05) is 6.07 Å². The number of halogens is 2. The fourth-order valence-electron chi connectivity index (χ4n) is 1.98. The van der Waals surface area contributed by atoms with E-state index in [1.165, 1.54) is 9.13 Å². The van der Waals surface area contributed by atoms with E-state index in [0.717, 1.165) is 20.3 Å². The van der Waals surface area contributed by atoms with Gasteiger partial charge < -0.3 is 5.11 Å². The van der Waals surface area contributed by atoms with Crippen molar-refractivity contribution >= 4 is 45.2 Å². The highest BCUT2D eigenvalue weighted by atomic mass is 127. The van der Waals surface area contributed by atoms with Crippen LogP contribution in [0.5, 0.6) is 5.75 Å². The Bertz CT molecular complexity index is 553. The van der Waals surface area contributed by atoms with Gasteiger partial charge in [0.1, 0.15) is 5.75 Å². The van der Waals surface area contributed by atoms with E-state index in [0.29, 0.717) is 5.75 Å². The summed E-state index contributed by atoms with van der Waals surface area (Å²) in [6.45, 7) is 4.11. The molecule has 2 aromatic rings. The minimum atomic E-state index is 0.360. The van der Waals surface area contributed by atoms with Crippen molar-refractivity contribution in [2.75, 3.05) is 0 Å². The second kappa shape index (κ2) is 5.14. The van der Waals surface area contributed by atoms with Crippen LogP contribution < -0.4 is 0 Å². The molecule has 0 atom stereocenters. The minimum absolute atomic E-state index is 0.360. The average molecular weight is 450 g/mol. The van der Waals surface area contributed by atoms with Crippen LogP contribution in [0.15, 0.2) is 30.3 Å². The van der Waals surface area contributed by atoms with E-state index < -0.39 is 0 Å². The monoisotopic (exact) mass is 450 g/mol. The summed E-state index contributed by atoms with van der Waals surface area (Å²) in [4.78, 5) is 0. The number of hydrogen-bond acceptors (Lipinski definition) is 1. The zero-order valence-corrected chi connectivity index (χ0v) is 13.9. The molecule has 0 unspecified atom stereocenters. The van der Waals surface area contributed by atoms with Gasteiger partial charge in [0.25, 0.3) is 0 Å². The Morgan fingerprint density at radius 3 is 2.12 bits per heavy atom. The number of aryl methyl sites for hydroxylation is 2. The Balaban J connectivity index is 2.68. The minimum Gasteiger partial charge on any atom is -0.507 e. The van der Waals surface area contributed by atoms with Gasteiger partial charge >= 0.3 is 0 Å². The molecule has 2 aromatic carbocycles. The van der Waals surface area contributed by atoms with Crippen molar-refractivity contribution in [3.8, 4) is 16.9 Å². The number of rotatable bonds is 1. The Kier molecular flexibility index (Phi) is 3.97. The van der Waals surface area contributed by atoms with Crippen LogP contribution in [0.3, 0.4) is 0 Å². The van der Waals surface area contributed by atoms with Gasteiger partial charge in [-0.05, 0) is 100.0 Å². The topological polar surface area (TPSA) is 20.2 Å².